The molecule has 0 aliphatic heterocycles. The first-order valence-corrected chi connectivity index (χ1v) is 5.37. The van der Waals surface area contributed by atoms with E-state index in [1.807, 2.05) is 25.1 Å². The summed E-state index contributed by atoms with van der Waals surface area (Å²) in [6.45, 7) is 2.77. The standard InChI is InChI=1S/C12H14N4/c1-9-15-11-5-4-10(8-12(11)16-9)14-7-3-2-6-13/h4-5,8,14H,2-3,7H2,1H3,(H,15,16). The van der Waals surface area contributed by atoms with Gasteiger partial charge >= 0.3 is 0 Å². The topological polar surface area (TPSA) is 64.5 Å². The molecule has 0 spiro atoms. The van der Waals surface area contributed by atoms with Crippen molar-refractivity contribution in [2.75, 3.05) is 11.9 Å². The fraction of sp³-hybridized carbons (Fsp3) is 0.333. The zero-order chi connectivity index (χ0) is 11.4. The van der Waals surface area contributed by atoms with Crippen molar-refractivity contribution in [3.05, 3.63) is 24.0 Å². The second kappa shape index (κ2) is 4.67. The summed E-state index contributed by atoms with van der Waals surface area (Å²) in [7, 11) is 0. The average Bonchev–Trinajstić information content (AvgIpc) is 2.64. The third kappa shape index (κ3) is 2.31. The molecule has 0 saturated heterocycles. The van der Waals surface area contributed by atoms with Gasteiger partial charge in [0.25, 0.3) is 0 Å². The smallest absolute Gasteiger partial charge is 0.104 e. The lowest BCUT2D eigenvalue weighted by molar-refractivity contribution is 0.898. The van der Waals surface area contributed by atoms with Crippen LogP contribution in [0.5, 0.6) is 0 Å². The molecule has 0 radical (unpaired) electrons. The number of aromatic nitrogens is 2. The van der Waals surface area contributed by atoms with Gasteiger partial charge in [0.05, 0.1) is 17.1 Å². The van der Waals surface area contributed by atoms with Crippen LogP contribution in [0.25, 0.3) is 11.0 Å². The first-order valence-electron chi connectivity index (χ1n) is 5.37. The molecule has 4 nitrogen and oxygen atoms in total. The average molecular weight is 214 g/mol. The maximum absolute atomic E-state index is 8.42. The van der Waals surface area contributed by atoms with Gasteiger partial charge in [-0.15, -0.1) is 0 Å². The molecule has 82 valence electrons. The third-order valence-electron chi connectivity index (χ3n) is 2.39. The summed E-state index contributed by atoms with van der Waals surface area (Å²) >= 11 is 0. The molecule has 2 N–H and O–H groups in total. The molecule has 4 heteroatoms. The molecule has 0 saturated carbocycles. The van der Waals surface area contributed by atoms with E-state index in [1.54, 1.807) is 0 Å². The summed E-state index contributed by atoms with van der Waals surface area (Å²) in [5.74, 6) is 0.927. The van der Waals surface area contributed by atoms with E-state index in [0.717, 1.165) is 35.5 Å². The Morgan fingerprint density at radius 3 is 3.19 bits per heavy atom. The molecule has 1 aromatic carbocycles. The van der Waals surface area contributed by atoms with Gasteiger partial charge in [-0.25, -0.2) is 4.98 Å². The van der Waals surface area contributed by atoms with Crippen molar-refractivity contribution >= 4 is 16.7 Å². The van der Waals surface area contributed by atoms with Crippen molar-refractivity contribution in [3.8, 4) is 6.07 Å². The highest BCUT2D eigenvalue weighted by molar-refractivity contribution is 5.79. The summed E-state index contributed by atoms with van der Waals surface area (Å²) in [5.41, 5.74) is 3.09. The quantitative estimate of drug-likeness (QED) is 0.769. The first-order chi connectivity index (χ1) is 7.79. The Morgan fingerprint density at radius 1 is 1.50 bits per heavy atom. The summed E-state index contributed by atoms with van der Waals surface area (Å²) < 4.78 is 0. The van der Waals surface area contributed by atoms with Crippen molar-refractivity contribution in [2.24, 2.45) is 0 Å². The van der Waals surface area contributed by atoms with Crippen molar-refractivity contribution in [1.29, 1.82) is 5.26 Å². The number of nitrogens with one attached hydrogen (secondary N) is 2. The second-order valence-electron chi connectivity index (χ2n) is 3.74. The largest absolute Gasteiger partial charge is 0.385 e. The highest BCUT2D eigenvalue weighted by Gasteiger charge is 1.99. The molecular formula is C12H14N4. The summed E-state index contributed by atoms with van der Waals surface area (Å²) in [4.78, 5) is 7.53. The lowest BCUT2D eigenvalue weighted by Gasteiger charge is -2.04. The van der Waals surface area contributed by atoms with Gasteiger partial charge in [-0.2, -0.15) is 5.26 Å². The second-order valence-corrected chi connectivity index (χ2v) is 3.74. The summed E-state index contributed by atoms with van der Waals surface area (Å²) in [6.07, 6.45) is 1.47. The number of nitriles is 1. The highest BCUT2D eigenvalue weighted by atomic mass is 14.9. The van der Waals surface area contributed by atoms with E-state index < -0.39 is 0 Å². The number of hydrogen-bond acceptors (Lipinski definition) is 3. The van der Waals surface area contributed by atoms with Crippen molar-refractivity contribution < 1.29 is 0 Å². The van der Waals surface area contributed by atoms with Gasteiger partial charge in [0.1, 0.15) is 5.82 Å². The fourth-order valence-corrected chi connectivity index (χ4v) is 1.65. The van der Waals surface area contributed by atoms with E-state index in [-0.39, 0.29) is 0 Å². The van der Waals surface area contributed by atoms with Gasteiger partial charge < -0.3 is 10.3 Å². The molecule has 1 heterocycles. The monoisotopic (exact) mass is 214 g/mol. The maximum Gasteiger partial charge on any atom is 0.104 e. The molecular weight excluding hydrogens is 200 g/mol. The molecule has 1 aromatic heterocycles. The van der Waals surface area contributed by atoms with E-state index in [4.69, 9.17) is 5.26 Å². The van der Waals surface area contributed by atoms with Crippen LogP contribution in [0.2, 0.25) is 0 Å². The number of hydrogen-bond donors (Lipinski definition) is 2. The molecule has 0 fully saturated rings. The number of aromatic amines is 1. The molecule has 0 atom stereocenters. The van der Waals surface area contributed by atoms with Crippen LogP contribution in [0, 0.1) is 18.3 Å². The van der Waals surface area contributed by atoms with Gasteiger partial charge in [-0.05, 0) is 31.5 Å². The van der Waals surface area contributed by atoms with Crippen molar-refractivity contribution in [2.45, 2.75) is 19.8 Å². The number of nitrogens with zero attached hydrogens (tertiary/aromatic N) is 2. The van der Waals surface area contributed by atoms with Gasteiger partial charge in [0.2, 0.25) is 0 Å². The van der Waals surface area contributed by atoms with Crippen LogP contribution in [-0.4, -0.2) is 16.5 Å². The molecule has 0 bridgehead atoms. The predicted molar refractivity (Wildman–Crippen MR) is 64.2 cm³/mol. The van der Waals surface area contributed by atoms with Gasteiger partial charge in [0.15, 0.2) is 0 Å². The molecule has 0 amide bonds. The first kappa shape index (κ1) is 10.5. The number of aryl methyl sites for hydroxylation is 1. The van der Waals surface area contributed by atoms with E-state index in [1.165, 1.54) is 0 Å². The van der Waals surface area contributed by atoms with Crippen LogP contribution in [-0.2, 0) is 0 Å². The van der Waals surface area contributed by atoms with Crippen LogP contribution in [0.4, 0.5) is 5.69 Å². The Bertz CT molecular complexity index is 521. The van der Waals surface area contributed by atoms with Crippen molar-refractivity contribution in [3.63, 3.8) is 0 Å². The lowest BCUT2D eigenvalue weighted by atomic mass is 10.2. The maximum atomic E-state index is 8.42. The van der Waals surface area contributed by atoms with Crippen LogP contribution >= 0.6 is 0 Å². The summed E-state index contributed by atoms with van der Waals surface area (Å²) in [5, 5.41) is 11.7. The zero-order valence-electron chi connectivity index (χ0n) is 9.25. The molecule has 2 aromatic rings. The van der Waals surface area contributed by atoms with E-state index >= 15 is 0 Å². The van der Waals surface area contributed by atoms with Crippen molar-refractivity contribution in [1.82, 2.24) is 9.97 Å². The number of anilines is 1. The Hall–Kier alpha value is -2.02. The zero-order valence-corrected chi connectivity index (χ0v) is 9.25. The van der Waals surface area contributed by atoms with Crippen LogP contribution in [0.3, 0.4) is 0 Å². The molecule has 16 heavy (non-hydrogen) atoms. The fourth-order valence-electron chi connectivity index (χ4n) is 1.65. The van der Waals surface area contributed by atoms with Crippen LogP contribution < -0.4 is 5.32 Å². The van der Waals surface area contributed by atoms with E-state index in [0.29, 0.717) is 6.42 Å². The summed E-state index contributed by atoms with van der Waals surface area (Å²) in [6, 6.07) is 8.17. The SMILES string of the molecule is Cc1nc2ccc(NCCCC#N)cc2[nH]1. The minimum Gasteiger partial charge on any atom is -0.385 e. The number of unbranched alkanes of at least 4 members (excludes halogenated alkanes) is 1. The highest BCUT2D eigenvalue weighted by Crippen LogP contribution is 2.16. The van der Waals surface area contributed by atoms with Gasteiger partial charge in [-0.1, -0.05) is 0 Å². The number of imidazole rings is 1. The van der Waals surface area contributed by atoms with Gasteiger partial charge in [0, 0.05) is 18.7 Å². The number of H-pyrrole nitrogens is 1. The normalized spacial score (nSPS) is 10.2. The molecule has 0 aliphatic rings. The minimum absolute atomic E-state index is 0.596. The molecule has 0 aliphatic carbocycles. The number of fused-ring (bicyclic) bond motifs is 1. The number of rotatable bonds is 4. The molecule has 2 rings (SSSR count). The van der Waals surface area contributed by atoms with Crippen LogP contribution in [0.1, 0.15) is 18.7 Å². The third-order valence-corrected chi connectivity index (χ3v) is 2.39. The molecule has 0 unspecified atom stereocenters. The predicted octanol–water partition coefficient (Wildman–Crippen LogP) is 2.59. The van der Waals surface area contributed by atoms with E-state index in [9.17, 15) is 0 Å². The van der Waals surface area contributed by atoms with E-state index in [2.05, 4.69) is 21.4 Å². The Morgan fingerprint density at radius 2 is 2.38 bits per heavy atom. The Kier molecular flexibility index (Phi) is 3.06. The number of benzene rings is 1. The Balaban J connectivity index is 2.05. The van der Waals surface area contributed by atoms with Crippen LogP contribution in [0.15, 0.2) is 18.2 Å². The van der Waals surface area contributed by atoms with Gasteiger partial charge in [-0.3, -0.25) is 0 Å². The lowest BCUT2D eigenvalue weighted by Crippen LogP contribution is -2.00. The Labute approximate surface area is 94.3 Å². The minimum atomic E-state index is 0.596.